The third-order valence-corrected chi connectivity index (χ3v) is 6.00. The molecule has 6 nitrogen and oxygen atoms in total. The number of carboxylic acid groups (broad SMARTS) is 1. The summed E-state index contributed by atoms with van der Waals surface area (Å²) in [7, 11) is 1.66. The van der Waals surface area contributed by atoms with Crippen LogP contribution in [-0.4, -0.2) is 55.3 Å². The molecule has 6 heteroatoms. The number of carbonyl (C=O) groups is 2. The van der Waals surface area contributed by atoms with Gasteiger partial charge in [0.15, 0.2) is 0 Å². The fraction of sp³-hybridized carbons (Fsp3) is 0.619. The average molecular weight is 375 g/mol. The molecule has 27 heavy (non-hydrogen) atoms. The van der Waals surface area contributed by atoms with Gasteiger partial charge in [-0.1, -0.05) is 18.6 Å². The highest BCUT2D eigenvalue weighted by atomic mass is 16.5. The zero-order valence-corrected chi connectivity index (χ0v) is 16.0. The summed E-state index contributed by atoms with van der Waals surface area (Å²) >= 11 is 0. The van der Waals surface area contributed by atoms with E-state index in [0.717, 1.165) is 31.4 Å². The maximum absolute atomic E-state index is 12.5. The summed E-state index contributed by atoms with van der Waals surface area (Å²) in [6.45, 7) is 1.76. The molecule has 0 aliphatic carbocycles. The number of amides is 1. The summed E-state index contributed by atoms with van der Waals surface area (Å²) in [5.74, 6) is 0.0721. The van der Waals surface area contributed by atoms with Crippen LogP contribution in [0.25, 0.3) is 0 Å². The van der Waals surface area contributed by atoms with Gasteiger partial charge in [-0.25, -0.2) is 0 Å². The average Bonchev–Trinajstić information content (AvgIpc) is 3.09. The molecule has 1 N–H and O–H groups in total. The van der Waals surface area contributed by atoms with Crippen molar-refractivity contribution in [1.82, 2.24) is 4.90 Å². The van der Waals surface area contributed by atoms with Crippen molar-refractivity contribution in [3.63, 3.8) is 0 Å². The van der Waals surface area contributed by atoms with Gasteiger partial charge in [0, 0.05) is 32.0 Å². The van der Waals surface area contributed by atoms with Crippen LogP contribution < -0.4 is 4.74 Å². The third kappa shape index (κ3) is 4.43. The molecule has 0 spiro atoms. The Morgan fingerprint density at radius 3 is 2.70 bits per heavy atom. The van der Waals surface area contributed by atoms with Gasteiger partial charge in [0.25, 0.3) is 0 Å². The molecule has 1 amide bonds. The van der Waals surface area contributed by atoms with E-state index in [4.69, 9.17) is 9.47 Å². The molecule has 0 aromatic heterocycles. The highest BCUT2D eigenvalue weighted by molar-refractivity contribution is 5.81. The van der Waals surface area contributed by atoms with Crippen LogP contribution >= 0.6 is 0 Å². The van der Waals surface area contributed by atoms with Crippen molar-refractivity contribution in [3.05, 3.63) is 29.8 Å². The molecule has 2 fully saturated rings. The lowest BCUT2D eigenvalue weighted by Crippen LogP contribution is -2.45. The summed E-state index contributed by atoms with van der Waals surface area (Å²) in [5, 5.41) is 9.68. The van der Waals surface area contributed by atoms with E-state index in [1.165, 1.54) is 5.56 Å². The predicted octanol–water partition coefficient (Wildman–Crippen LogP) is 2.75. The number of nitrogens with zero attached hydrogens (tertiary/aromatic N) is 1. The van der Waals surface area contributed by atoms with Gasteiger partial charge in [-0.15, -0.1) is 0 Å². The van der Waals surface area contributed by atoms with E-state index in [1.807, 2.05) is 12.1 Å². The summed E-state index contributed by atoms with van der Waals surface area (Å²) in [4.78, 5) is 26.1. The molecule has 148 valence electrons. The molecule has 0 radical (unpaired) electrons. The van der Waals surface area contributed by atoms with Gasteiger partial charge in [-0.05, 0) is 43.4 Å². The number of carbonyl (C=O) groups excluding carboxylic acids is 1. The van der Waals surface area contributed by atoms with Crippen LogP contribution in [0.4, 0.5) is 0 Å². The van der Waals surface area contributed by atoms with E-state index in [2.05, 4.69) is 12.1 Å². The van der Waals surface area contributed by atoms with Crippen molar-refractivity contribution in [1.29, 1.82) is 0 Å². The molecule has 0 bridgehead atoms. The number of hydrogen-bond acceptors (Lipinski definition) is 4. The van der Waals surface area contributed by atoms with E-state index in [1.54, 1.807) is 12.0 Å². The highest BCUT2D eigenvalue weighted by Crippen LogP contribution is 2.42. The fourth-order valence-electron chi connectivity index (χ4n) is 4.22. The monoisotopic (exact) mass is 375 g/mol. The Labute approximate surface area is 160 Å². The number of methoxy groups -OCH3 is 1. The number of benzene rings is 1. The Morgan fingerprint density at radius 1 is 1.26 bits per heavy atom. The third-order valence-electron chi connectivity index (χ3n) is 6.00. The first kappa shape index (κ1) is 19.7. The molecular formula is C21H29NO5. The summed E-state index contributed by atoms with van der Waals surface area (Å²) in [6.07, 6.45) is 4.85. The van der Waals surface area contributed by atoms with E-state index >= 15 is 0 Å². The number of hydrogen-bond donors (Lipinski definition) is 1. The first-order valence-electron chi connectivity index (χ1n) is 9.77. The number of rotatable bonds is 8. The Kier molecular flexibility index (Phi) is 6.37. The second kappa shape index (κ2) is 8.74. The quantitative estimate of drug-likeness (QED) is 0.707. The lowest BCUT2D eigenvalue weighted by atomic mass is 9.74. The Morgan fingerprint density at radius 2 is 2.04 bits per heavy atom. The van der Waals surface area contributed by atoms with Crippen LogP contribution in [0.1, 0.15) is 37.7 Å². The van der Waals surface area contributed by atoms with Crippen LogP contribution in [-0.2, 0) is 20.7 Å². The van der Waals surface area contributed by atoms with E-state index in [0.29, 0.717) is 39.1 Å². The van der Waals surface area contributed by atoms with Crippen molar-refractivity contribution < 1.29 is 24.2 Å². The maximum Gasteiger partial charge on any atom is 0.311 e. The fourth-order valence-corrected chi connectivity index (χ4v) is 4.22. The van der Waals surface area contributed by atoms with Crippen LogP contribution in [0.5, 0.6) is 5.75 Å². The van der Waals surface area contributed by atoms with E-state index < -0.39 is 11.4 Å². The van der Waals surface area contributed by atoms with Crippen molar-refractivity contribution in [2.75, 3.05) is 33.4 Å². The number of aliphatic carboxylic acids is 1. The molecule has 2 atom stereocenters. The molecule has 2 heterocycles. The molecule has 2 aliphatic heterocycles. The summed E-state index contributed by atoms with van der Waals surface area (Å²) in [6, 6.07) is 8.08. The van der Waals surface area contributed by atoms with Crippen molar-refractivity contribution in [2.24, 2.45) is 11.3 Å². The highest BCUT2D eigenvalue weighted by Gasteiger charge is 2.54. The van der Waals surface area contributed by atoms with Gasteiger partial charge in [0.05, 0.1) is 19.1 Å². The summed E-state index contributed by atoms with van der Waals surface area (Å²) in [5.41, 5.74) is 0.469. The molecule has 0 saturated carbocycles. The lowest BCUT2D eigenvalue weighted by Gasteiger charge is -2.33. The zero-order chi connectivity index (χ0) is 19.3. The van der Waals surface area contributed by atoms with Crippen LogP contribution in [0.2, 0.25) is 0 Å². The lowest BCUT2D eigenvalue weighted by molar-refractivity contribution is -0.157. The van der Waals surface area contributed by atoms with Gasteiger partial charge < -0.3 is 19.5 Å². The molecule has 0 unspecified atom stereocenters. The first-order chi connectivity index (χ1) is 13.0. The number of carboxylic acids is 1. The van der Waals surface area contributed by atoms with Crippen molar-refractivity contribution in [2.45, 2.75) is 38.5 Å². The molecular weight excluding hydrogens is 346 g/mol. The van der Waals surface area contributed by atoms with Crippen molar-refractivity contribution >= 4 is 11.9 Å². The molecule has 2 aliphatic rings. The topological polar surface area (TPSA) is 76.1 Å². The predicted molar refractivity (Wildman–Crippen MR) is 101 cm³/mol. The largest absolute Gasteiger partial charge is 0.497 e. The standard InChI is InChI=1S/C21H29NO5/c1-26-18-9-7-16(8-10-18)5-3-2-4-6-19(23)22-13-17-14-27-12-11-21(17,15-22)20(24)25/h7-10,17H,2-6,11-15H2,1H3,(H,24,25)/t17-,21+/m0/s1. The number of ether oxygens (including phenoxy) is 2. The second-order valence-electron chi connectivity index (χ2n) is 7.67. The molecule has 2 saturated heterocycles. The minimum absolute atomic E-state index is 0.0782. The van der Waals surface area contributed by atoms with Gasteiger partial charge in [0.2, 0.25) is 5.91 Å². The normalized spacial score (nSPS) is 24.5. The maximum atomic E-state index is 12.5. The second-order valence-corrected chi connectivity index (χ2v) is 7.67. The van der Waals surface area contributed by atoms with Gasteiger partial charge in [-0.3, -0.25) is 9.59 Å². The smallest absolute Gasteiger partial charge is 0.311 e. The Hall–Kier alpha value is -2.08. The minimum atomic E-state index is -0.803. The van der Waals surface area contributed by atoms with Gasteiger partial charge in [0.1, 0.15) is 5.75 Å². The number of unbranched alkanes of at least 4 members (excludes halogenated alkanes) is 2. The number of aryl methyl sites for hydroxylation is 1. The summed E-state index contributed by atoms with van der Waals surface area (Å²) < 4.78 is 10.6. The van der Waals surface area contributed by atoms with Gasteiger partial charge >= 0.3 is 5.97 Å². The van der Waals surface area contributed by atoms with Crippen molar-refractivity contribution in [3.8, 4) is 5.75 Å². The minimum Gasteiger partial charge on any atom is -0.497 e. The van der Waals surface area contributed by atoms with Crippen LogP contribution in [0.3, 0.4) is 0 Å². The van der Waals surface area contributed by atoms with Gasteiger partial charge in [-0.2, -0.15) is 0 Å². The molecule has 1 aromatic carbocycles. The SMILES string of the molecule is COc1ccc(CCCCCC(=O)N2C[C@H]3COCC[C@@]3(C(=O)O)C2)cc1. The van der Waals surface area contributed by atoms with E-state index in [9.17, 15) is 14.7 Å². The Balaban J connectivity index is 1.40. The first-order valence-corrected chi connectivity index (χ1v) is 9.77. The molecule has 3 rings (SSSR count). The van der Waals surface area contributed by atoms with E-state index in [-0.39, 0.29) is 11.8 Å². The number of fused-ring (bicyclic) bond motifs is 1. The van der Waals surface area contributed by atoms with Crippen LogP contribution in [0.15, 0.2) is 24.3 Å². The Bertz CT molecular complexity index is 659. The zero-order valence-electron chi connectivity index (χ0n) is 16.0. The molecule has 1 aromatic rings. The van der Waals surface area contributed by atoms with Crippen LogP contribution in [0, 0.1) is 11.3 Å². The number of likely N-dealkylation sites (tertiary alicyclic amines) is 1.